The van der Waals surface area contributed by atoms with E-state index in [0.717, 1.165) is 17.7 Å². The second kappa shape index (κ2) is 8.47. The molecule has 0 aromatic heterocycles. The van der Waals surface area contributed by atoms with Crippen molar-refractivity contribution in [3.05, 3.63) is 58.6 Å². The predicted octanol–water partition coefficient (Wildman–Crippen LogP) is 4.78. The summed E-state index contributed by atoms with van der Waals surface area (Å²) in [7, 11) is -4.33. The van der Waals surface area contributed by atoms with Crippen molar-refractivity contribution in [1.82, 2.24) is 5.32 Å². The Labute approximate surface area is 178 Å². The number of aryl methyl sites for hydroxylation is 1. The number of sulfonamides is 1. The molecule has 2 aromatic carbocycles. The van der Waals surface area contributed by atoms with Gasteiger partial charge >= 0.3 is 6.18 Å². The van der Waals surface area contributed by atoms with Gasteiger partial charge in [-0.1, -0.05) is 29.3 Å². The second-order valence-electron chi connectivity index (χ2n) is 7.78. The monoisotopic (exact) mass is 462 g/mol. The number of benzene rings is 2. The van der Waals surface area contributed by atoms with Crippen LogP contribution in [0.15, 0.2) is 47.4 Å². The maximum absolute atomic E-state index is 13.3. The van der Waals surface area contributed by atoms with Crippen LogP contribution in [-0.4, -0.2) is 26.4 Å². The highest BCUT2D eigenvalue weighted by Gasteiger charge is 2.35. The Morgan fingerprint density at radius 3 is 2.13 bits per heavy atom. The fourth-order valence-electron chi connectivity index (χ4n) is 2.63. The summed E-state index contributed by atoms with van der Waals surface area (Å²) in [5.74, 6) is -0.665. The quantitative estimate of drug-likeness (QED) is 0.695. The molecule has 0 aliphatic carbocycles. The molecule has 0 aliphatic rings. The summed E-state index contributed by atoms with van der Waals surface area (Å²) in [6.07, 6.45) is -4.79. The van der Waals surface area contributed by atoms with Crippen LogP contribution in [0.4, 0.5) is 18.9 Å². The summed E-state index contributed by atoms with van der Waals surface area (Å²) < 4.78 is 67.0. The highest BCUT2D eigenvalue weighted by molar-refractivity contribution is 7.92. The molecule has 1 amide bonds. The van der Waals surface area contributed by atoms with Gasteiger partial charge in [-0.05, 0) is 58.0 Å². The summed E-state index contributed by atoms with van der Waals surface area (Å²) in [6, 6.07) is 8.50. The Morgan fingerprint density at radius 1 is 1.07 bits per heavy atom. The van der Waals surface area contributed by atoms with Crippen molar-refractivity contribution < 1.29 is 26.4 Å². The zero-order valence-electron chi connectivity index (χ0n) is 16.8. The van der Waals surface area contributed by atoms with Crippen LogP contribution < -0.4 is 9.62 Å². The highest BCUT2D eigenvalue weighted by atomic mass is 35.5. The number of alkyl halides is 3. The van der Waals surface area contributed by atoms with Gasteiger partial charge in [0.2, 0.25) is 5.91 Å². The lowest BCUT2D eigenvalue weighted by atomic mass is 10.1. The summed E-state index contributed by atoms with van der Waals surface area (Å²) in [5, 5.41) is 2.04. The molecule has 0 saturated carbocycles. The van der Waals surface area contributed by atoms with E-state index in [2.05, 4.69) is 5.32 Å². The Kier molecular flexibility index (Phi) is 6.78. The molecular formula is C20H22ClF3N2O3S. The number of amides is 1. The van der Waals surface area contributed by atoms with E-state index in [1.165, 1.54) is 12.1 Å². The van der Waals surface area contributed by atoms with Gasteiger partial charge in [0.1, 0.15) is 6.54 Å². The van der Waals surface area contributed by atoms with Gasteiger partial charge in [-0.3, -0.25) is 9.10 Å². The number of hydrogen-bond donors (Lipinski definition) is 1. The number of rotatable bonds is 5. The predicted molar refractivity (Wildman–Crippen MR) is 110 cm³/mol. The smallest absolute Gasteiger partial charge is 0.350 e. The maximum atomic E-state index is 13.3. The van der Waals surface area contributed by atoms with E-state index in [0.29, 0.717) is 10.4 Å². The van der Waals surface area contributed by atoms with Gasteiger partial charge in [-0.25, -0.2) is 8.42 Å². The molecule has 0 fully saturated rings. The third kappa shape index (κ3) is 5.89. The van der Waals surface area contributed by atoms with E-state index in [1.54, 1.807) is 39.8 Å². The number of nitrogens with zero attached hydrogens (tertiary/aromatic N) is 1. The summed E-state index contributed by atoms with van der Waals surface area (Å²) >= 11 is 5.66. The molecule has 2 rings (SSSR count). The first-order valence-corrected chi connectivity index (χ1v) is 10.7. The van der Waals surface area contributed by atoms with Gasteiger partial charge in [0.05, 0.1) is 21.2 Å². The minimum Gasteiger partial charge on any atom is -0.350 e. The van der Waals surface area contributed by atoms with E-state index >= 15 is 0 Å². The molecule has 0 spiro atoms. The zero-order chi connectivity index (χ0) is 22.9. The van der Waals surface area contributed by atoms with Crippen LogP contribution in [-0.2, 0) is 21.0 Å². The Morgan fingerprint density at radius 2 is 1.63 bits per heavy atom. The molecular weight excluding hydrogens is 441 g/mol. The molecule has 0 unspecified atom stereocenters. The lowest BCUT2D eigenvalue weighted by molar-refractivity contribution is -0.137. The molecule has 0 saturated heterocycles. The molecule has 2 aromatic rings. The third-order valence-electron chi connectivity index (χ3n) is 3.95. The second-order valence-corrected chi connectivity index (χ2v) is 10.1. The Balaban J connectivity index is 2.60. The lowest BCUT2D eigenvalue weighted by Crippen LogP contribution is -2.47. The number of anilines is 1. The molecule has 0 radical (unpaired) electrons. The van der Waals surface area contributed by atoms with Crippen LogP contribution in [0.3, 0.4) is 0 Å². The van der Waals surface area contributed by atoms with Crippen molar-refractivity contribution in [1.29, 1.82) is 0 Å². The van der Waals surface area contributed by atoms with Crippen LogP contribution in [0.2, 0.25) is 5.02 Å². The van der Waals surface area contributed by atoms with E-state index in [1.807, 2.05) is 0 Å². The highest BCUT2D eigenvalue weighted by Crippen LogP contribution is 2.38. The van der Waals surface area contributed by atoms with Crippen molar-refractivity contribution in [3.63, 3.8) is 0 Å². The van der Waals surface area contributed by atoms with Crippen LogP contribution in [0.1, 0.15) is 31.9 Å². The first-order valence-electron chi connectivity index (χ1n) is 8.88. The Hall–Kier alpha value is -2.26. The molecule has 0 aliphatic heterocycles. The summed E-state index contributed by atoms with van der Waals surface area (Å²) in [5.41, 5.74) is -1.37. The average Bonchev–Trinajstić information content (AvgIpc) is 2.58. The van der Waals surface area contributed by atoms with Gasteiger partial charge in [0.15, 0.2) is 0 Å². The number of carbonyl (C=O) groups excluding carboxylic acids is 1. The van der Waals surface area contributed by atoms with Crippen LogP contribution in [0.25, 0.3) is 0 Å². The van der Waals surface area contributed by atoms with E-state index in [9.17, 15) is 26.4 Å². The van der Waals surface area contributed by atoms with Crippen molar-refractivity contribution in [2.45, 2.75) is 44.3 Å². The van der Waals surface area contributed by atoms with E-state index in [-0.39, 0.29) is 10.6 Å². The Bertz CT molecular complexity index is 1030. The van der Waals surface area contributed by atoms with Crippen molar-refractivity contribution in [2.24, 2.45) is 0 Å². The van der Waals surface area contributed by atoms with Crippen molar-refractivity contribution in [2.75, 3.05) is 10.8 Å². The molecule has 0 heterocycles. The maximum Gasteiger partial charge on any atom is 0.417 e. The van der Waals surface area contributed by atoms with Crippen molar-refractivity contribution >= 4 is 33.2 Å². The largest absolute Gasteiger partial charge is 0.417 e. The number of hydrogen-bond acceptors (Lipinski definition) is 3. The van der Waals surface area contributed by atoms with Gasteiger partial charge in [-0.15, -0.1) is 0 Å². The standard InChI is InChI=1S/C20H22ClF3N2O3S/c1-13-5-8-15(9-6-13)30(28,29)26(12-18(27)25-19(2,3)4)14-7-10-17(21)16(11-14)20(22,23)24/h5-11H,12H2,1-4H3,(H,25,27). The molecule has 5 nitrogen and oxygen atoms in total. The van der Waals surface area contributed by atoms with Gasteiger partial charge in [0.25, 0.3) is 10.0 Å². The van der Waals surface area contributed by atoms with Crippen LogP contribution in [0, 0.1) is 6.92 Å². The molecule has 10 heteroatoms. The lowest BCUT2D eigenvalue weighted by Gasteiger charge is -2.27. The minimum atomic E-state index is -4.79. The number of nitrogens with one attached hydrogen (secondary N) is 1. The molecule has 1 N–H and O–H groups in total. The summed E-state index contributed by atoms with van der Waals surface area (Å²) in [6.45, 7) is 6.17. The molecule has 0 atom stereocenters. The number of halogens is 4. The third-order valence-corrected chi connectivity index (χ3v) is 6.07. The topological polar surface area (TPSA) is 66.5 Å². The van der Waals surface area contributed by atoms with Crippen molar-refractivity contribution in [3.8, 4) is 0 Å². The average molecular weight is 463 g/mol. The first kappa shape index (κ1) is 24.0. The number of carbonyl (C=O) groups is 1. The van der Waals surface area contributed by atoms with E-state index < -0.39 is 44.8 Å². The summed E-state index contributed by atoms with van der Waals surface area (Å²) in [4.78, 5) is 12.3. The zero-order valence-corrected chi connectivity index (χ0v) is 18.4. The van der Waals surface area contributed by atoms with Crippen LogP contribution in [0.5, 0.6) is 0 Å². The molecule has 164 valence electrons. The minimum absolute atomic E-state index is 0.153. The SMILES string of the molecule is Cc1ccc(S(=O)(=O)N(CC(=O)NC(C)(C)C)c2ccc(Cl)c(C(F)(F)F)c2)cc1. The molecule has 0 bridgehead atoms. The van der Waals surface area contributed by atoms with Gasteiger partial charge in [0, 0.05) is 5.54 Å². The fourth-order valence-corrected chi connectivity index (χ4v) is 4.26. The van der Waals surface area contributed by atoms with Gasteiger partial charge in [-0.2, -0.15) is 13.2 Å². The van der Waals surface area contributed by atoms with Crippen LogP contribution >= 0.6 is 11.6 Å². The first-order chi connectivity index (χ1) is 13.6. The fraction of sp³-hybridized carbons (Fsp3) is 0.350. The molecule has 30 heavy (non-hydrogen) atoms. The van der Waals surface area contributed by atoms with E-state index in [4.69, 9.17) is 11.6 Å². The van der Waals surface area contributed by atoms with Gasteiger partial charge < -0.3 is 5.32 Å². The normalized spacial score (nSPS) is 12.5.